The van der Waals surface area contributed by atoms with Gasteiger partial charge in [-0.1, -0.05) is 18.2 Å². The highest BCUT2D eigenvalue weighted by Crippen LogP contribution is 2.16. The predicted octanol–water partition coefficient (Wildman–Crippen LogP) is 1.78. The molecule has 0 atom stereocenters. The SMILES string of the molecule is O=C(Nc1nccs1)c1ccccc1CS(=O)(=O)O. The van der Waals surface area contributed by atoms with Gasteiger partial charge >= 0.3 is 0 Å². The third-order valence-corrected chi connectivity index (χ3v) is 3.62. The van der Waals surface area contributed by atoms with Crippen LogP contribution < -0.4 is 5.32 Å². The molecule has 1 aromatic heterocycles. The molecule has 0 fully saturated rings. The lowest BCUT2D eigenvalue weighted by Crippen LogP contribution is -2.15. The van der Waals surface area contributed by atoms with E-state index in [0.717, 1.165) is 0 Å². The van der Waals surface area contributed by atoms with E-state index in [1.807, 2.05) is 0 Å². The van der Waals surface area contributed by atoms with E-state index in [-0.39, 0.29) is 11.1 Å². The number of carbonyl (C=O) groups excluding carboxylic acids is 1. The number of carbonyl (C=O) groups is 1. The molecule has 1 aromatic carbocycles. The molecule has 0 radical (unpaired) electrons. The molecule has 0 spiro atoms. The summed E-state index contributed by atoms with van der Waals surface area (Å²) in [4.78, 5) is 15.9. The van der Waals surface area contributed by atoms with Crippen molar-refractivity contribution in [1.82, 2.24) is 4.98 Å². The molecule has 8 heteroatoms. The fraction of sp³-hybridized carbons (Fsp3) is 0.0909. The van der Waals surface area contributed by atoms with Crippen LogP contribution in [-0.2, 0) is 15.9 Å². The molecule has 2 rings (SSSR count). The van der Waals surface area contributed by atoms with Gasteiger partial charge in [-0.3, -0.25) is 14.7 Å². The number of rotatable bonds is 4. The minimum atomic E-state index is -4.19. The van der Waals surface area contributed by atoms with Gasteiger partial charge in [-0.15, -0.1) is 11.3 Å². The van der Waals surface area contributed by atoms with Crippen LogP contribution in [0.3, 0.4) is 0 Å². The summed E-state index contributed by atoms with van der Waals surface area (Å²) in [6.07, 6.45) is 1.55. The summed E-state index contributed by atoms with van der Waals surface area (Å²) in [6, 6.07) is 6.18. The van der Waals surface area contributed by atoms with E-state index in [4.69, 9.17) is 4.55 Å². The Kier molecular flexibility index (Phi) is 3.93. The summed E-state index contributed by atoms with van der Waals surface area (Å²) in [5.41, 5.74) is 0.425. The maximum absolute atomic E-state index is 12.0. The lowest BCUT2D eigenvalue weighted by atomic mass is 10.1. The van der Waals surface area contributed by atoms with Crippen molar-refractivity contribution in [2.24, 2.45) is 0 Å². The fourth-order valence-electron chi connectivity index (χ4n) is 1.51. The summed E-state index contributed by atoms with van der Waals surface area (Å²) in [7, 11) is -4.19. The van der Waals surface area contributed by atoms with Gasteiger partial charge in [0.1, 0.15) is 5.75 Å². The van der Waals surface area contributed by atoms with Crippen LogP contribution in [0.2, 0.25) is 0 Å². The van der Waals surface area contributed by atoms with Gasteiger partial charge in [-0.2, -0.15) is 8.42 Å². The van der Waals surface area contributed by atoms with Crippen molar-refractivity contribution in [3.8, 4) is 0 Å². The molecule has 6 nitrogen and oxygen atoms in total. The molecule has 0 unspecified atom stereocenters. The second-order valence-electron chi connectivity index (χ2n) is 3.67. The number of anilines is 1. The first-order chi connectivity index (χ1) is 8.96. The predicted molar refractivity (Wildman–Crippen MR) is 71.8 cm³/mol. The van der Waals surface area contributed by atoms with Gasteiger partial charge in [0.05, 0.1) is 0 Å². The zero-order chi connectivity index (χ0) is 13.9. The number of nitrogens with zero attached hydrogens (tertiary/aromatic N) is 1. The second-order valence-corrected chi connectivity index (χ2v) is 6.02. The summed E-state index contributed by atoms with van der Waals surface area (Å²) >= 11 is 1.25. The zero-order valence-electron chi connectivity index (χ0n) is 9.61. The highest BCUT2D eigenvalue weighted by atomic mass is 32.2. The molecule has 0 aliphatic rings. The Balaban J connectivity index is 2.26. The fourth-order valence-corrected chi connectivity index (χ4v) is 2.68. The van der Waals surface area contributed by atoms with Crippen molar-refractivity contribution in [3.63, 3.8) is 0 Å². The standard InChI is InChI=1S/C11H10N2O4S2/c14-10(13-11-12-5-6-18-11)9-4-2-1-3-8(9)7-19(15,16)17/h1-6H,7H2,(H,12,13,14)(H,15,16,17). The lowest BCUT2D eigenvalue weighted by molar-refractivity contribution is 0.102. The highest BCUT2D eigenvalue weighted by Gasteiger charge is 2.16. The third kappa shape index (κ3) is 3.85. The van der Waals surface area contributed by atoms with E-state index in [1.165, 1.54) is 23.5 Å². The minimum Gasteiger partial charge on any atom is -0.298 e. The molecule has 100 valence electrons. The normalized spacial score (nSPS) is 11.2. The van der Waals surface area contributed by atoms with E-state index >= 15 is 0 Å². The molecule has 19 heavy (non-hydrogen) atoms. The second kappa shape index (κ2) is 5.47. The van der Waals surface area contributed by atoms with Crippen molar-refractivity contribution < 1.29 is 17.8 Å². The molecule has 1 heterocycles. The maximum Gasteiger partial charge on any atom is 0.269 e. The van der Waals surface area contributed by atoms with Gasteiger partial charge in [-0.05, 0) is 11.6 Å². The number of aromatic nitrogens is 1. The van der Waals surface area contributed by atoms with Crippen molar-refractivity contribution in [2.75, 3.05) is 5.32 Å². The molecule has 0 bridgehead atoms. The Morgan fingerprint density at radius 3 is 2.74 bits per heavy atom. The molecule has 0 saturated heterocycles. The van der Waals surface area contributed by atoms with Gasteiger partial charge < -0.3 is 0 Å². The third-order valence-electron chi connectivity index (χ3n) is 2.25. The number of hydrogen-bond acceptors (Lipinski definition) is 5. The van der Waals surface area contributed by atoms with Gasteiger partial charge in [0.25, 0.3) is 16.0 Å². The first kappa shape index (κ1) is 13.7. The largest absolute Gasteiger partial charge is 0.298 e. The van der Waals surface area contributed by atoms with E-state index < -0.39 is 21.8 Å². The Morgan fingerprint density at radius 1 is 1.37 bits per heavy atom. The maximum atomic E-state index is 12.0. The minimum absolute atomic E-state index is 0.190. The van der Waals surface area contributed by atoms with Crippen molar-refractivity contribution in [2.45, 2.75) is 5.75 Å². The average Bonchev–Trinajstić information content (AvgIpc) is 2.80. The number of nitrogens with one attached hydrogen (secondary N) is 1. The summed E-state index contributed by atoms with van der Waals surface area (Å²) in [5, 5.41) is 4.69. The van der Waals surface area contributed by atoms with E-state index in [9.17, 15) is 13.2 Å². The highest BCUT2D eigenvalue weighted by molar-refractivity contribution is 7.85. The quantitative estimate of drug-likeness (QED) is 0.839. The van der Waals surface area contributed by atoms with Crippen molar-refractivity contribution in [3.05, 3.63) is 47.0 Å². The molecule has 2 N–H and O–H groups in total. The number of hydrogen-bond donors (Lipinski definition) is 2. The Labute approximate surface area is 113 Å². The van der Waals surface area contributed by atoms with E-state index in [0.29, 0.717) is 5.13 Å². The molecular formula is C11H10N2O4S2. The van der Waals surface area contributed by atoms with Crippen LogP contribution in [0.5, 0.6) is 0 Å². The lowest BCUT2D eigenvalue weighted by Gasteiger charge is -2.07. The zero-order valence-corrected chi connectivity index (χ0v) is 11.2. The van der Waals surface area contributed by atoms with Crippen LogP contribution >= 0.6 is 11.3 Å². The van der Waals surface area contributed by atoms with Crippen LogP contribution in [0.15, 0.2) is 35.8 Å². The molecular weight excluding hydrogens is 288 g/mol. The first-order valence-corrected chi connectivity index (χ1v) is 7.68. The van der Waals surface area contributed by atoms with Crippen molar-refractivity contribution in [1.29, 1.82) is 0 Å². The topological polar surface area (TPSA) is 96.4 Å². The van der Waals surface area contributed by atoms with Crippen LogP contribution in [0.1, 0.15) is 15.9 Å². The number of benzene rings is 1. The molecule has 2 aromatic rings. The van der Waals surface area contributed by atoms with E-state index in [2.05, 4.69) is 10.3 Å². The number of thiazole rings is 1. The number of amides is 1. The Hall–Kier alpha value is -1.77. The van der Waals surface area contributed by atoms with Crippen LogP contribution in [0.4, 0.5) is 5.13 Å². The van der Waals surface area contributed by atoms with Gasteiger partial charge in [0, 0.05) is 17.1 Å². The van der Waals surface area contributed by atoms with Gasteiger partial charge in [-0.25, -0.2) is 4.98 Å². The molecule has 0 saturated carbocycles. The summed E-state index contributed by atoms with van der Waals surface area (Å²) in [5.74, 6) is -1.07. The summed E-state index contributed by atoms with van der Waals surface area (Å²) in [6.45, 7) is 0. The molecule has 1 amide bonds. The van der Waals surface area contributed by atoms with E-state index in [1.54, 1.807) is 23.7 Å². The first-order valence-electron chi connectivity index (χ1n) is 5.19. The monoisotopic (exact) mass is 298 g/mol. The summed E-state index contributed by atoms with van der Waals surface area (Å²) < 4.78 is 30.7. The van der Waals surface area contributed by atoms with Crippen LogP contribution in [-0.4, -0.2) is 23.9 Å². The average molecular weight is 298 g/mol. The van der Waals surface area contributed by atoms with Gasteiger partial charge in [0.2, 0.25) is 0 Å². The van der Waals surface area contributed by atoms with Crippen LogP contribution in [0, 0.1) is 0 Å². The van der Waals surface area contributed by atoms with Gasteiger partial charge in [0.15, 0.2) is 5.13 Å². The smallest absolute Gasteiger partial charge is 0.269 e. The Bertz CT molecular complexity index is 680. The molecule has 0 aliphatic carbocycles. The molecule has 0 aliphatic heterocycles. The van der Waals surface area contributed by atoms with Crippen LogP contribution in [0.25, 0.3) is 0 Å². The van der Waals surface area contributed by atoms with Crippen molar-refractivity contribution >= 4 is 32.5 Å². The Morgan fingerprint density at radius 2 is 2.11 bits per heavy atom.